The standard InChI is InChI=1S/C18H22N4OS/c23-18(15-12-24-17(21-15)14-11-19-8-9-20-14)22-10-4-7-16(22)13-5-2-1-3-6-13/h8-9,11-13,16H,1-7,10H2/t16-/m0/s1. The fourth-order valence-corrected chi connectivity index (χ4v) is 4.85. The molecule has 1 aliphatic carbocycles. The molecule has 5 nitrogen and oxygen atoms in total. The number of carbonyl (C=O) groups excluding carboxylic acids is 1. The van der Waals surface area contributed by atoms with Crippen LogP contribution in [0.3, 0.4) is 0 Å². The topological polar surface area (TPSA) is 59.0 Å². The molecular weight excluding hydrogens is 320 g/mol. The number of aromatic nitrogens is 3. The second kappa shape index (κ2) is 6.97. The van der Waals surface area contributed by atoms with E-state index in [2.05, 4.69) is 19.9 Å². The van der Waals surface area contributed by atoms with E-state index in [0.717, 1.165) is 30.1 Å². The van der Waals surface area contributed by atoms with Crippen molar-refractivity contribution < 1.29 is 4.79 Å². The monoisotopic (exact) mass is 342 g/mol. The number of hydrogen-bond donors (Lipinski definition) is 0. The second-order valence-electron chi connectivity index (χ2n) is 6.73. The van der Waals surface area contributed by atoms with Crippen LogP contribution in [0.5, 0.6) is 0 Å². The Bertz CT molecular complexity index is 696. The maximum Gasteiger partial charge on any atom is 0.273 e. The van der Waals surface area contributed by atoms with Crippen molar-refractivity contribution >= 4 is 17.2 Å². The summed E-state index contributed by atoms with van der Waals surface area (Å²) in [5.74, 6) is 0.776. The van der Waals surface area contributed by atoms with Crippen LogP contribution in [0.15, 0.2) is 24.0 Å². The zero-order chi connectivity index (χ0) is 16.4. The summed E-state index contributed by atoms with van der Waals surface area (Å²) < 4.78 is 0. The second-order valence-corrected chi connectivity index (χ2v) is 7.59. The summed E-state index contributed by atoms with van der Waals surface area (Å²) in [5, 5.41) is 2.63. The summed E-state index contributed by atoms with van der Waals surface area (Å²) >= 11 is 1.47. The Hall–Kier alpha value is -1.82. The molecule has 1 saturated heterocycles. The highest BCUT2D eigenvalue weighted by Gasteiger charge is 2.36. The molecule has 2 fully saturated rings. The Balaban J connectivity index is 1.51. The Morgan fingerprint density at radius 3 is 2.79 bits per heavy atom. The predicted octanol–water partition coefficient (Wildman–Crippen LogP) is 3.79. The lowest BCUT2D eigenvalue weighted by Gasteiger charge is -2.33. The van der Waals surface area contributed by atoms with Gasteiger partial charge in [-0.1, -0.05) is 19.3 Å². The van der Waals surface area contributed by atoms with Gasteiger partial charge in [-0.25, -0.2) is 4.98 Å². The highest BCUT2D eigenvalue weighted by molar-refractivity contribution is 7.13. The van der Waals surface area contributed by atoms with Crippen LogP contribution >= 0.6 is 11.3 Å². The number of rotatable bonds is 3. The van der Waals surface area contributed by atoms with Crippen LogP contribution in [-0.2, 0) is 0 Å². The van der Waals surface area contributed by atoms with Crippen LogP contribution in [0.4, 0.5) is 0 Å². The molecular formula is C18H22N4OS. The molecule has 4 rings (SSSR count). The molecule has 1 atom stereocenters. The Labute approximate surface area is 146 Å². The third-order valence-electron chi connectivity index (χ3n) is 5.26. The average Bonchev–Trinajstić information content (AvgIpc) is 3.32. The number of likely N-dealkylation sites (tertiary alicyclic amines) is 1. The molecule has 0 aromatic carbocycles. The molecule has 0 radical (unpaired) electrons. The molecule has 0 unspecified atom stereocenters. The zero-order valence-electron chi connectivity index (χ0n) is 13.7. The minimum Gasteiger partial charge on any atom is -0.334 e. The van der Waals surface area contributed by atoms with Gasteiger partial charge in [0.05, 0.1) is 6.20 Å². The first kappa shape index (κ1) is 15.7. The van der Waals surface area contributed by atoms with E-state index in [0.29, 0.717) is 17.7 Å². The SMILES string of the molecule is O=C(c1csc(-c2cnccn2)n1)N1CCC[C@H]1C1CCCCC1. The quantitative estimate of drug-likeness (QED) is 0.851. The average molecular weight is 342 g/mol. The first-order valence-corrected chi connectivity index (χ1v) is 9.74. The van der Waals surface area contributed by atoms with E-state index in [1.54, 1.807) is 18.6 Å². The van der Waals surface area contributed by atoms with Crippen molar-refractivity contribution in [2.24, 2.45) is 5.92 Å². The van der Waals surface area contributed by atoms with Gasteiger partial charge in [0.1, 0.15) is 16.4 Å². The van der Waals surface area contributed by atoms with E-state index in [1.807, 2.05) is 5.38 Å². The van der Waals surface area contributed by atoms with E-state index in [4.69, 9.17) is 0 Å². The highest BCUT2D eigenvalue weighted by Crippen LogP contribution is 2.35. The number of hydrogen-bond acceptors (Lipinski definition) is 5. The van der Waals surface area contributed by atoms with Crippen LogP contribution in [0.2, 0.25) is 0 Å². The molecule has 6 heteroatoms. The summed E-state index contributed by atoms with van der Waals surface area (Å²) in [5.41, 5.74) is 1.29. The molecule has 1 saturated carbocycles. The lowest BCUT2D eigenvalue weighted by Crippen LogP contribution is -2.40. The smallest absolute Gasteiger partial charge is 0.273 e. The van der Waals surface area contributed by atoms with Crippen molar-refractivity contribution in [3.8, 4) is 10.7 Å². The van der Waals surface area contributed by atoms with Crippen LogP contribution in [-0.4, -0.2) is 38.3 Å². The van der Waals surface area contributed by atoms with E-state index >= 15 is 0 Å². The third-order valence-corrected chi connectivity index (χ3v) is 6.12. The van der Waals surface area contributed by atoms with Crippen molar-refractivity contribution in [2.45, 2.75) is 51.0 Å². The van der Waals surface area contributed by atoms with Gasteiger partial charge in [0.25, 0.3) is 5.91 Å². The lowest BCUT2D eigenvalue weighted by molar-refractivity contribution is 0.0656. The van der Waals surface area contributed by atoms with E-state index < -0.39 is 0 Å². The largest absolute Gasteiger partial charge is 0.334 e. The lowest BCUT2D eigenvalue weighted by atomic mass is 9.83. The van der Waals surface area contributed by atoms with Gasteiger partial charge >= 0.3 is 0 Å². The number of nitrogens with zero attached hydrogens (tertiary/aromatic N) is 4. The van der Waals surface area contributed by atoms with Gasteiger partial charge in [0.15, 0.2) is 0 Å². The number of thiazole rings is 1. The highest BCUT2D eigenvalue weighted by atomic mass is 32.1. The van der Waals surface area contributed by atoms with Gasteiger partial charge in [-0.2, -0.15) is 0 Å². The van der Waals surface area contributed by atoms with Gasteiger partial charge in [-0.05, 0) is 31.6 Å². The zero-order valence-corrected chi connectivity index (χ0v) is 14.5. The minimum absolute atomic E-state index is 0.0921. The Morgan fingerprint density at radius 1 is 1.12 bits per heavy atom. The van der Waals surface area contributed by atoms with Crippen molar-refractivity contribution in [3.63, 3.8) is 0 Å². The summed E-state index contributed by atoms with van der Waals surface area (Å²) in [7, 11) is 0. The molecule has 24 heavy (non-hydrogen) atoms. The van der Waals surface area contributed by atoms with Crippen LogP contribution in [0.1, 0.15) is 55.4 Å². The molecule has 2 aromatic rings. The molecule has 0 N–H and O–H groups in total. The normalized spacial score (nSPS) is 22.0. The van der Waals surface area contributed by atoms with E-state index in [1.165, 1.54) is 43.4 Å². The molecule has 2 aromatic heterocycles. The maximum absolute atomic E-state index is 13.0. The van der Waals surface area contributed by atoms with Gasteiger partial charge in [-0.3, -0.25) is 14.8 Å². The number of carbonyl (C=O) groups is 1. The third kappa shape index (κ3) is 3.07. The summed E-state index contributed by atoms with van der Waals surface area (Å²) in [6.07, 6.45) is 13.8. The van der Waals surface area contributed by atoms with Crippen molar-refractivity contribution in [1.82, 2.24) is 19.9 Å². The van der Waals surface area contributed by atoms with Crippen molar-refractivity contribution in [2.75, 3.05) is 6.54 Å². The molecule has 0 bridgehead atoms. The Morgan fingerprint density at radius 2 is 2.00 bits per heavy atom. The predicted molar refractivity (Wildman–Crippen MR) is 93.8 cm³/mol. The fourth-order valence-electron chi connectivity index (χ4n) is 4.10. The fraction of sp³-hybridized carbons (Fsp3) is 0.556. The summed E-state index contributed by atoms with van der Waals surface area (Å²) in [6.45, 7) is 0.873. The van der Waals surface area contributed by atoms with Gasteiger partial charge < -0.3 is 4.90 Å². The van der Waals surface area contributed by atoms with Crippen LogP contribution < -0.4 is 0 Å². The Kier molecular flexibility index (Phi) is 4.56. The van der Waals surface area contributed by atoms with E-state index in [-0.39, 0.29) is 5.91 Å². The molecule has 3 heterocycles. The first-order valence-electron chi connectivity index (χ1n) is 8.86. The van der Waals surface area contributed by atoms with Gasteiger partial charge in [0, 0.05) is 30.4 Å². The molecule has 1 aliphatic heterocycles. The van der Waals surface area contributed by atoms with Crippen LogP contribution in [0, 0.1) is 5.92 Å². The molecule has 2 aliphatic rings. The minimum atomic E-state index is 0.0921. The number of amides is 1. The molecule has 1 amide bonds. The van der Waals surface area contributed by atoms with E-state index in [9.17, 15) is 4.79 Å². The van der Waals surface area contributed by atoms with Gasteiger partial charge in [-0.15, -0.1) is 11.3 Å². The molecule has 126 valence electrons. The van der Waals surface area contributed by atoms with Crippen molar-refractivity contribution in [3.05, 3.63) is 29.7 Å². The summed E-state index contributed by atoms with van der Waals surface area (Å²) in [4.78, 5) is 27.9. The van der Waals surface area contributed by atoms with Crippen LogP contribution in [0.25, 0.3) is 10.7 Å². The maximum atomic E-state index is 13.0. The molecule has 0 spiro atoms. The summed E-state index contributed by atoms with van der Waals surface area (Å²) in [6, 6.07) is 0.416. The van der Waals surface area contributed by atoms with Crippen molar-refractivity contribution in [1.29, 1.82) is 0 Å². The van der Waals surface area contributed by atoms with Gasteiger partial charge in [0.2, 0.25) is 0 Å². The first-order chi connectivity index (χ1) is 11.8.